The number of aliphatic hydroxyl groups is 2. The molecule has 0 spiro atoms. The van der Waals surface area contributed by atoms with Crippen LogP contribution in [0.15, 0.2) is 60.2 Å². The lowest BCUT2D eigenvalue weighted by Gasteiger charge is -2.40. The van der Waals surface area contributed by atoms with Gasteiger partial charge in [-0.05, 0) is 30.2 Å². The van der Waals surface area contributed by atoms with Crippen molar-refractivity contribution < 1.29 is 29.3 Å². The number of hydrogen-bond donors (Lipinski definition) is 3. The summed E-state index contributed by atoms with van der Waals surface area (Å²) in [5, 5.41) is 23.2. The van der Waals surface area contributed by atoms with Crippen LogP contribution in [0.4, 0.5) is 0 Å². The fourth-order valence-corrected chi connectivity index (χ4v) is 4.86. The molecular weight excluding hydrogens is 436 g/mol. The molecule has 3 N–H and O–H groups in total. The van der Waals surface area contributed by atoms with Gasteiger partial charge in [0.1, 0.15) is 23.7 Å². The van der Waals surface area contributed by atoms with Gasteiger partial charge in [-0.15, -0.1) is 0 Å². The van der Waals surface area contributed by atoms with E-state index in [2.05, 4.69) is 5.32 Å². The minimum atomic E-state index is -1.03. The molecule has 0 bridgehead atoms. The first-order valence-electron chi connectivity index (χ1n) is 11.4. The number of aliphatic hydroxyl groups excluding tert-OH is 2. The number of rotatable bonds is 8. The molecule has 1 heterocycles. The van der Waals surface area contributed by atoms with E-state index in [1.807, 2.05) is 48.5 Å². The first kappa shape index (κ1) is 23.8. The quantitative estimate of drug-likeness (QED) is 0.543. The van der Waals surface area contributed by atoms with Gasteiger partial charge in [0.05, 0.1) is 25.7 Å². The van der Waals surface area contributed by atoms with Crippen LogP contribution in [0.3, 0.4) is 0 Å². The van der Waals surface area contributed by atoms with Crippen LogP contribution in [0.5, 0.6) is 11.5 Å². The van der Waals surface area contributed by atoms with Crippen molar-refractivity contribution in [1.29, 1.82) is 0 Å². The lowest BCUT2D eigenvalue weighted by Crippen LogP contribution is -2.55. The van der Waals surface area contributed by atoms with E-state index in [4.69, 9.17) is 9.47 Å². The fraction of sp³-hybridized carbons (Fsp3) is 0.385. The molecular formula is C26H30N2O6. The van der Waals surface area contributed by atoms with Crippen molar-refractivity contribution in [3.05, 3.63) is 71.3 Å². The largest absolute Gasteiger partial charge is 0.496 e. The van der Waals surface area contributed by atoms with E-state index >= 15 is 0 Å². The predicted molar refractivity (Wildman–Crippen MR) is 126 cm³/mol. The fourth-order valence-electron chi connectivity index (χ4n) is 4.86. The summed E-state index contributed by atoms with van der Waals surface area (Å²) in [6, 6.07) is 14.2. The van der Waals surface area contributed by atoms with Crippen LogP contribution < -0.4 is 14.8 Å². The van der Waals surface area contributed by atoms with Gasteiger partial charge in [-0.1, -0.05) is 36.4 Å². The Kier molecular flexibility index (Phi) is 7.19. The molecule has 8 nitrogen and oxygen atoms in total. The zero-order valence-corrected chi connectivity index (χ0v) is 19.3. The van der Waals surface area contributed by atoms with E-state index in [1.54, 1.807) is 18.1 Å². The molecule has 180 valence electrons. The van der Waals surface area contributed by atoms with Crippen LogP contribution in [-0.4, -0.2) is 72.0 Å². The lowest BCUT2D eigenvalue weighted by atomic mass is 9.77. The van der Waals surface area contributed by atoms with Crippen molar-refractivity contribution in [3.8, 4) is 11.5 Å². The third-order valence-corrected chi connectivity index (χ3v) is 6.46. The van der Waals surface area contributed by atoms with E-state index in [1.165, 1.54) is 6.92 Å². The maximum Gasteiger partial charge on any atom is 0.247 e. The molecule has 0 aromatic heterocycles. The topological polar surface area (TPSA) is 108 Å². The molecule has 2 aliphatic rings. The summed E-state index contributed by atoms with van der Waals surface area (Å²) in [4.78, 5) is 27.3. The number of carbonyl (C=O) groups is 2. The smallest absolute Gasteiger partial charge is 0.247 e. The third kappa shape index (κ3) is 4.51. The Balaban J connectivity index is 1.67. The van der Waals surface area contributed by atoms with E-state index in [0.717, 1.165) is 16.9 Å². The monoisotopic (exact) mass is 466 g/mol. The highest BCUT2D eigenvalue weighted by Gasteiger charge is 2.50. The van der Waals surface area contributed by atoms with E-state index in [-0.39, 0.29) is 25.0 Å². The van der Waals surface area contributed by atoms with Gasteiger partial charge >= 0.3 is 0 Å². The molecule has 2 aromatic carbocycles. The van der Waals surface area contributed by atoms with Crippen molar-refractivity contribution in [2.45, 2.75) is 37.5 Å². The molecule has 2 aromatic rings. The van der Waals surface area contributed by atoms with Crippen LogP contribution >= 0.6 is 0 Å². The molecule has 0 fully saturated rings. The molecule has 4 rings (SSSR count). The van der Waals surface area contributed by atoms with Crippen LogP contribution in [0.25, 0.3) is 0 Å². The Hall–Kier alpha value is -3.36. The van der Waals surface area contributed by atoms with Gasteiger partial charge in [-0.3, -0.25) is 9.59 Å². The van der Waals surface area contributed by atoms with Crippen molar-refractivity contribution in [3.63, 3.8) is 0 Å². The zero-order chi connectivity index (χ0) is 24.2. The van der Waals surface area contributed by atoms with Crippen molar-refractivity contribution in [1.82, 2.24) is 10.2 Å². The van der Waals surface area contributed by atoms with Gasteiger partial charge in [0, 0.05) is 31.1 Å². The van der Waals surface area contributed by atoms with E-state index in [0.29, 0.717) is 24.3 Å². The van der Waals surface area contributed by atoms with Crippen LogP contribution in [0.2, 0.25) is 0 Å². The second-order valence-electron chi connectivity index (χ2n) is 8.45. The summed E-state index contributed by atoms with van der Waals surface area (Å²) < 4.78 is 11.5. The first-order chi connectivity index (χ1) is 16.5. The number of nitrogens with zero attached hydrogens (tertiary/aromatic N) is 1. The average Bonchev–Trinajstić information content (AvgIpc) is 3.24. The number of fused-ring (bicyclic) bond motifs is 3. The molecule has 4 unspecified atom stereocenters. The van der Waals surface area contributed by atoms with Crippen LogP contribution in [-0.2, 0) is 16.0 Å². The van der Waals surface area contributed by atoms with Crippen LogP contribution in [0, 0.1) is 0 Å². The van der Waals surface area contributed by atoms with Gasteiger partial charge in [0.2, 0.25) is 11.8 Å². The minimum Gasteiger partial charge on any atom is -0.496 e. The second-order valence-corrected chi connectivity index (χ2v) is 8.45. The van der Waals surface area contributed by atoms with Gasteiger partial charge in [-0.2, -0.15) is 0 Å². The zero-order valence-electron chi connectivity index (χ0n) is 19.3. The van der Waals surface area contributed by atoms with Gasteiger partial charge in [-0.25, -0.2) is 0 Å². The summed E-state index contributed by atoms with van der Waals surface area (Å²) in [5.41, 5.74) is 2.18. The number of ether oxygens (including phenoxy) is 2. The number of methoxy groups -OCH3 is 1. The predicted octanol–water partition coefficient (Wildman–Crippen LogP) is 1.41. The molecule has 34 heavy (non-hydrogen) atoms. The Labute approximate surface area is 198 Å². The number of hydrogen-bond acceptors (Lipinski definition) is 6. The molecule has 0 saturated carbocycles. The van der Waals surface area contributed by atoms with E-state index in [9.17, 15) is 19.8 Å². The van der Waals surface area contributed by atoms with Gasteiger partial charge in [0.15, 0.2) is 0 Å². The number of benzene rings is 2. The third-order valence-electron chi connectivity index (χ3n) is 6.46. The molecule has 0 radical (unpaired) electrons. The van der Waals surface area contributed by atoms with Crippen molar-refractivity contribution in [2.24, 2.45) is 0 Å². The van der Waals surface area contributed by atoms with Gasteiger partial charge < -0.3 is 29.9 Å². The highest BCUT2D eigenvalue weighted by molar-refractivity contribution is 5.96. The highest BCUT2D eigenvalue weighted by Crippen LogP contribution is 2.47. The standard InChI is InChI=1S/C26H30N2O6/c1-16(30)28(13-11-17-7-3-5-9-21(17)33-2)20-15-19(26(32)27-12-14-29)23-18-8-4-6-10-22(18)34-25(23)24(20)31/h3-10,15,20,23-25,29,31H,11-14H2,1-2H3,(H,27,32). The van der Waals surface area contributed by atoms with Crippen molar-refractivity contribution >= 4 is 11.8 Å². The van der Waals surface area contributed by atoms with Gasteiger partial charge in [0.25, 0.3) is 0 Å². The summed E-state index contributed by atoms with van der Waals surface area (Å²) in [7, 11) is 1.60. The SMILES string of the molecule is COc1ccccc1CCN(C(C)=O)C1C=C(C(=O)NCCO)C2c3ccccc3OC2C1O. The first-order valence-corrected chi connectivity index (χ1v) is 11.4. The molecule has 0 saturated heterocycles. The Morgan fingerprint density at radius 2 is 1.88 bits per heavy atom. The molecule has 1 aliphatic heterocycles. The summed E-state index contributed by atoms with van der Waals surface area (Å²) in [6.07, 6.45) is 0.443. The summed E-state index contributed by atoms with van der Waals surface area (Å²) in [6.45, 7) is 1.69. The molecule has 1 aliphatic carbocycles. The van der Waals surface area contributed by atoms with Crippen LogP contribution in [0.1, 0.15) is 24.0 Å². The average molecular weight is 467 g/mol. The summed E-state index contributed by atoms with van der Waals surface area (Å²) in [5.74, 6) is 0.295. The maximum absolute atomic E-state index is 13.1. The number of nitrogens with one attached hydrogen (secondary N) is 1. The number of amides is 2. The normalized spacial score (nSPS) is 22.6. The Morgan fingerprint density at radius 1 is 1.15 bits per heavy atom. The Bertz CT molecular complexity index is 1080. The molecule has 2 amide bonds. The van der Waals surface area contributed by atoms with E-state index < -0.39 is 24.2 Å². The molecule has 8 heteroatoms. The maximum atomic E-state index is 13.1. The number of para-hydroxylation sites is 2. The molecule has 4 atom stereocenters. The van der Waals surface area contributed by atoms with Crippen molar-refractivity contribution in [2.75, 3.05) is 26.8 Å². The summed E-state index contributed by atoms with van der Waals surface area (Å²) >= 11 is 0. The Morgan fingerprint density at radius 3 is 2.62 bits per heavy atom. The highest BCUT2D eigenvalue weighted by atomic mass is 16.5. The second kappa shape index (κ2) is 10.3. The lowest BCUT2D eigenvalue weighted by molar-refractivity contribution is -0.134. The number of carbonyl (C=O) groups excluding carboxylic acids is 2. The minimum absolute atomic E-state index is 0.105.